The number of amides is 1. The number of aromatic nitrogens is 2. The molecule has 1 amide bonds. The van der Waals surface area contributed by atoms with E-state index in [1.54, 1.807) is 12.5 Å². The van der Waals surface area contributed by atoms with Crippen LogP contribution in [0.25, 0.3) is 0 Å². The molecule has 0 saturated heterocycles. The number of nitrogens with one attached hydrogen (secondary N) is 2. The van der Waals surface area contributed by atoms with E-state index in [4.69, 9.17) is 0 Å². The summed E-state index contributed by atoms with van der Waals surface area (Å²) in [5.74, 6) is 0.0901. The van der Waals surface area contributed by atoms with Crippen LogP contribution in [0.5, 0.6) is 0 Å². The zero-order valence-electron chi connectivity index (χ0n) is 12.1. The molecule has 0 spiro atoms. The van der Waals surface area contributed by atoms with Gasteiger partial charge in [-0.25, -0.2) is 4.98 Å². The van der Waals surface area contributed by atoms with Crippen molar-refractivity contribution in [2.45, 2.75) is 25.9 Å². The lowest BCUT2D eigenvalue weighted by Crippen LogP contribution is -2.44. The van der Waals surface area contributed by atoms with E-state index < -0.39 is 0 Å². The van der Waals surface area contributed by atoms with E-state index in [1.807, 2.05) is 22.9 Å². The minimum atomic E-state index is -0.0253. The van der Waals surface area contributed by atoms with Gasteiger partial charge in [0, 0.05) is 37.2 Å². The van der Waals surface area contributed by atoms with Crippen LogP contribution in [-0.4, -0.2) is 28.0 Å². The number of carbonyl (C=O) groups is 1. The summed E-state index contributed by atoms with van der Waals surface area (Å²) in [5, 5.41) is 6.44. The van der Waals surface area contributed by atoms with Crippen molar-refractivity contribution in [1.82, 2.24) is 14.9 Å². The molecule has 1 aromatic heterocycles. The molecule has 2 unspecified atom stereocenters. The van der Waals surface area contributed by atoms with Gasteiger partial charge in [-0.1, -0.05) is 18.2 Å². The van der Waals surface area contributed by atoms with Gasteiger partial charge in [-0.15, -0.1) is 0 Å². The Morgan fingerprint density at radius 3 is 3.14 bits per heavy atom. The van der Waals surface area contributed by atoms with Gasteiger partial charge in [0.15, 0.2) is 0 Å². The average Bonchev–Trinajstić information content (AvgIpc) is 2.99. The number of anilines is 1. The van der Waals surface area contributed by atoms with Crippen molar-refractivity contribution < 1.29 is 4.79 Å². The fraction of sp³-hybridized carbons (Fsp3) is 0.375. The molecule has 2 heterocycles. The number of rotatable bonds is 4. The highest BCUT2D eigenvalue weighted by molar-refractivity contribution is 5.81. The van der Waals surface area contributed by atoms with Crippen LogP contribution in [0.3, 0.4) is 0 Å². The SMILES string of the molecule is CC1Nc2ccccc2CC1C(=O)NCCn1ccnc1. The fourth-order valence-electron chi connectivity index (χ4n) is 2.78. The van der Waals surface area contributed by atoms with Crippen LogP contribution >= 0.6 is 0 Å². The van der Waals surface area contributed by atoms with E-state index in [1.165, 1.54) is 5.56 Å². The molecule has 2 aromatic rings. The first-order valence-electron chi connectivity index (χ1n) is 7.32. The number of nitrogens with zero attached hydrogens (tertiary/aromatic N) is 2. The van der Waals surface area contributed by atoms with Gasteiger partial charge >= 0.3 is 0 Å². The Bertz CT molecular complexity index is 608. The van der Waals surface area contributed by atoms with E-state index in [-0.39, 0.29) is 17.9 Å². The molecule has 0 fully saturated rings. The highest BCUT2D eigenvalue weighted by Gasteiger charge is 2.29. The molecule has 2 atom stereocenters. The minimum absolute atomic E-state index is 0.0253. The predicted octanol–water partition coefficient (Wildman–Crippen LogP) is 1.67. The third-order valence-electron chi connectivity index (χ3n) is 4.01. The lowest BCUT2D eigenvalue weighted by Gasteiger charge is -2.31. The van der Waals surface area contributed by atoms with Gasteiger partial charge in [0.25, 0.3) is 0 Å². The zero-order valence-corrected chi connectivity index (χ0v) is 12.1. The molecular weight excluding hydrogens is 264 g/mol. The number of imidazole rings is 1. The first kappa shape index (κ1) is 13.7. The minimum Gasteiger partial charge on any atom is -0.382 e. The number of para-hydroxylation sites is 1. The Labute approximate surface area is 124 Å². The van der Waals surface area contributed by atoms with Gasteiger partial charge in [0.1, 0.15) is 0 Å². The molecule has 0 saturated carbocycles. The third-order valence-corrected chi connectivity index (χ3v) is 4.01. The van der Waals surface area contributed by atoms with Crippen LogP contribution in [-0.2, 0) is 17.8 Å². The average molecular weight is 284 g/mol. The highest BCUT2D eigenvalue weighted by atomic mass is 16.1. The van der Waals surface area contributed by atoms with Gasteiger partial charge in [-0.2, -0.15) is 0 Å². The quantitative estimate of drug-likeness (QED) is 0.898. The normalized spacial score (nSPS) is 20.4. The van der Waals surface area contributed by atoms with Gasteiger partial charge in [-0.3, -0.25) is 4.79 Å². The number of carbonyl (C=O) groups excluding carboxylic acids is 1. The maximum atomic E-state index is 12.4. The molecule has 5 nitrogen and oxygen atoms in total. The maximum absolute atomic E-state index is 12.4. The Morgan fingerprint density at radius 1 is 1.48 bits per heavy atom. The second-order valence-electron chi connectivity index (χ2n) is 5.49. The van der Waals surface area contributed by atoms with Crippen molar-refractivity contribution in [3.05, 3.63) is 48.5 Å². The number of hydrogen-bond acceptors (Lipinski definition) is 3. The molecule has 0 radical (unpaired) electrons. The summed E-state index contributed by atoms with van der Waals surface area (Å²) in [6, 6.07) is 8.33. The Hall–Kier alpha value is -2.30. The zero-order chi connectivity index (χ0) is 14.7. The van der Waals surface area contributed by atoms with Crippen molar-refractivity contribution in [1.29, 1.82) is 0 Å². The summed E-state index contributed by atoms with van der Waals surface area (Å²) in [4.78, 5) is 16.4. The van der Waals surface area contributed by atoms with Crippen molar-refractivity contribution in [3.8, 4) is 0 Å². The predicted molar refractivity (Wildman–Crippen MR) is 82.0 cm³/mol. The maximum Gasteiger partial charge on any atom is 0.225 e. The molecule has 1 aliphatic heterocycles. The highest BCUT2D eigenvalue weighted by Crippen LogP contribution is 2.28. The summed E-state index contributed by atoms with van der Waals surface area (Å²) >= 11 is 0. The molecule has 3 rings (SSSR count). The van der Waals surface area contributed by atoms with E-state index in [0.29, 0.717) is 6.54 Å². The Morgan fingerprint density at radius 2 is 2.33 bits per heavy atom. The molecule has 1 aliphatic rings. The first-order valence-corrected chi connectivity index (χ1v) is 7.32. The third kappa shape index (κ3) is 3.07. The van der Waals surface area contributed by atoms with E-state index in [9.17, 15) is 4.79 Å². The van der Waals surface area contributed by atoms with Crippen LogP contribution < -0.4 is 10.6 Å². The fourth-order valence-corrected chi connectivity index (χ4v) is 2.78. The molecule has 21 heavy (non-hydrogen) atoms. The topological polar surface area (TPSA) is 59.0 Å². The van der Waals surface area contributed by atoms with Gasteiger partial charge in [-0.05, 0) is 25.0 Å². The summed E-state index contributed by atoms with van der Waals surface area (Å²) in [7, 11) is 0. The molecule has 5 heteroatoms. The van der Waals surface area contributed by atoms with Crippen LogP contribution in [0, 0.1) is 5.92 Å². The van der Waals surface area contributed by atoms with Gasteiger partial charge in [0.2, 0.25) is 5.91 Å². The van der Waals surface area contributed by atoms with Crippen LogP contribution in [0.2, 0.25) is 0 Å². The number of benzene rings is 1. The van der Waals surface area contributed by atoms with Gasteiger partial charge in [0.05, 0.1) is 12.2 Å². The summed E-state index contributed by atoms with van der Waals surface area (Å²) < 4.78 is 1.96. The van der Waals surface area contributed by atoms with Crippen molar-refractivity contribution in [3.63, 3.8) is 0 Å². The second-order valence-corrected chi connectivity index (χ2v) is 5.49. The summed E-state index contributed by atoms with van der Waals surface area (Å²) in [6.45, 7) is 3.44. The Kier molecular flexibility index (Phi) is 3.90. The van der Waals surface area contributed by atoms with Crippen molar-refractivity contribution >= 4 is 11.6 Å². The Balaban J connectivity index is 1.57. The van der Waals surface area contributed by atoms with Crippen LogP contribution in [0.15, 0.2) is 43.0 Å². The first-order chi connectivity index (χ1) is 10.2. The van der Waals surface area contributed by atoms with Crippen LogP contribution in [0.4, 0.5) is 5.69 Å². The number of hydrogen-bond donors (Lipinski definition) is 2. The standard InChI is InChI=1S/C16H20N4O/c1-12-14(10-13-4-2-3-5-15(13)19-12)16(21)18-7-9-20-8-6-17-11-20/h2-6,8,11-12,14,19H,7,9-10H2,1H3,(H,18,21). The lowest BCUT2D eigenvalue weighted by molar-refractivity contribution is -0.125. The van der Waals surface area contributed by atoms with Crippen molar-refractivity contribution in [2.75, 3.05) is 11.9 Å². The number of fused-ring (bicyclic) bond motifs is 1. The van der Waals surface area contributed by atoms with Crippen molar-refractivity contribution in [2.24, 2.45) is 5.92 Å². The van der Waals surface area contributed by atoms with E-state index >= 15 is 0 Å². The molecule has 110 valence electrons. The van der Waals surface area contributed by atoms with Gasteiger partial charge < -0.3 is 15.2 Å². The second kappa shape index (κ2) is 5.99. The summed E-state index contributed by atoms with van der Waals surface area (Å²) in [5.41, 5.74) is 2.36. The molecule has 2 N–H and O–H groups in total. The summed E-state index contributed by atoms with van der Waals surface area (Å²) in [6.07, 6.45) is 6.19. The molecular formula is C16H20N4O. The largest absolute Gasteiger partial charge is 0.382 e. The molecule has 0 aliphatic carbocycles. The molecule has 1 aromatic carbocycles. The van der Waals surface area contributed by atoms with Crippen LogP contribution in [0.1, 0.15) is 12.5 Å². The smallest absolute Gasteiger partial charge is 0.225 e. The molecule has 0 bridgehead atoms. The van der Waals surface area contributed by atoms with E-state index in [2.05, 4.69) is 34.7 Å². The monoisotopic (exact) mass is 284 g/mol. The van der Waals surface area contributed by atoms with E-state index in [0.717, 1.165) is 18.7 Å². The lowest BCUT2D eigenvalue weighted by atomic mass is 9.87.